The van der Waals surface area contributed by atoms with Crippen molar-refractivity contribution in [2.24, 2.45) is 0 Å². The lowest BCUT2D eigenvalue weighted by molar-refractivity contribution is 0.264. The van der Waals surface area contributed by atoms with Gasteiger partial charge in [-0.05, 0) is 45.0 Å². The van der Waals surface area contributed by atoms with Crippen LogP contribution in [0, 0.1) is 6.92 Å². The van der Waals surface area contributed by atoms with Crippen LogP contribution in [0.1, 0.15) is 30.2 Å². The molecule has 0 amide bonds. The number of likely N-dealkylation sites (N-methyl/N-ethyl adjacent to an activating group) is 1. The Balaban J connectivity index is 1.96. The summed E-state index contributed by atoms with van der Waals surface area (Å²) >= 11 is 0. The summed E-state index contributed by atoms with van der Waals surface area (Å²) in [4.78, 5) is 9.43. The Morgan fingerprint density at radius 3 is 2.78 bits per heavy atom. The van der Waals surface area contributed by atoms with Crippen molar-refractivity contribution in [2.75, 3.05) is 27.2 Å². The zero-order chi connectivity index (χ0) is 13.1. The highest BCUT2D eigenvalue weighted by Gasteiger charge is 2.23. The monoisotopic (exact) mass is 247 g/mol. The fourth-order valence-corrected chi connectivity index (χ4v) is 2.75. The van der Waals surface area contributed by atoms with Crippen LogP contribution in [0.3, 0.4) is 0 Å². The van der Waals surface area contributed by atoms with E-state index in [2.05, 4.69) is 55.0 Å². The highest BCUT2D eigenvalue weighted by Crippen LogP contribution is 2.17. The number of hydrogen-bond acceptors (Lipinski definition) is 3. The molecule has 1 fully saturated rings. The van der Waals surface area contributed by atoms with Gasteiger partial charge in [-0.3, -0.25) is 9.88 Å². The van der Waals surface area contributed by atoms with E-state index in [1.807, 2.05) is 0 Å². The van der Waals surface area contributed by atoms with Crippen molar-refractivity contribution in [1.82, 2.24) is 14.8 Å². The zero-order valence-corrected chi connectivity index (χ0v) is 12.1. The molecule has 0 aliphatic carbocycles. The number of nitrogens with zero attached hydrogens (tertiary/aromatic N) is 3. The van der Waals surface area contributed by atoms with Crippen molar-refractivity contribution >= 4 is 0 Å². The van der Waals surface area contributed by atoms with Gasteiger partial charge in [0.25, 0.3) is 0 Å². The van der Waals surface area contributed by atoms with Crippen molar-refractivity contribution in [2.45, 2.75) is 39.3 Å². The Morgan fingerprint density at radius 1 is 1.44 bits per heavy atom. The van der Waals surface area contributed by atoms with Crippen molar-refractivity contribution in [3.8, 4) is 0 Å². The van der Waals surface area contributed by atoms with Gasteiger partial charge in [-0.1, -0.05) is 13.0 Å². The van der Waals surface area contributed by atoms with E-state index in [0.717, 1.165) is 13.0 Å². The molecule has 0 radical (unpaired) electrons. The first-order valence-electron chi connectivity index (χ1n) is 6.93. The average molecular weight is 247 g/mol. The molecule has 1 aromatic heterocycles. The van der Waals surface area contributed by atoms with Gasteiger partial charge in [0.05, 0.1) is 0 Å². The normalized spacial score (nSPS) is 20.8. The molecule has 2 rings (SSSR count). The molecule has 0 unspecified atom stereocenters. The Hall–Kier alpha value is -0.930. The summed E-state index contributed by atoms with van der Waals surface area (Å²) in [5.74, 6) is 0. The molecule has 2 heterocycles. The smallest absolute Gasteiger partial charge is 0.0430 e. The molecular weight excluding hydrogens is 222 g/mol. The van der Waals surface area contributed by atoms with Crippen LogP contribution in [0.4, 0.5) is 0 Å². The van der Waals surface area contributed by atoms with Crippen LogP contribution in [0.2, 0.25) is 0 Å². The third-order valence-corrected chi connectivity index (χ3v) is 3.96. The van der Waals surface area contributed by atoms with Crippen molar-refractivity contribution in [3.63, 3.8) is 0 Å². The molecule has 0 saturated carbocycles. The molecule has 0 spiro atoms. The van der Waals surface area contributed by atoms with E-state index in [4.69, 9.17) is 0 Å². The standard InChI is InChI=1S/C15H25N3/c1-5-15-12(2)8-13(9-16-15)10-18-7-6-14(11-18)17(3)4/h8-9,14H,5-7,10-11H2,1-4H3/t14-/m0/s1. The number of likely N-dealkylation sites (tertiary alicyclic amines) is 1. The summed E-state index contributed by atoms with van der Waals surface area (Å²) < 4.78 is 0. The van der Waals surface area contributed by atoms with Gasteiger partial charge in [0, 0.05) is 37.6 Å². The number of rotatable bonds is 4. The van der Waals surface area contributed by atoms with Gasteiger partial charge >= 0.3 is 0 Å². The van der Waals surface area contributed by atoms with Gasteiger partial charge in [-0.2, -0.15) is 0 Å². The SMILES string of the molecule is CCc1ncc(CN2CC[C@H](N(C)C)C2)cc1C. The second kappa shape index (κ2) is 5.81. The van der Waals surface area contributed by atoms with Crippen molar-refractivity contribution < 1.29 is 0 Å². The molecule has 100 valence electrons. The highest BCUT2D eigenvalue weighted by molar-refractivity contribution is 5.24. The Labute approximate surface area is 111 Å². The number of aromatic nitrogens is 1. The molecule has 1 aliphatic heterocycles. The molecule has 0 bridgehead atoms. The fraction of sp³-hybridized carbons (Fsp3) is 0.667. The summed E-state index contributed by atoms with van der Waals surface area (Å²) in [6, 6.07) is 3.02. The number of aryl methyl sites for hydroxylation is 2. The predicted octanol–water partition coefficient (Wildman–Crippen LogP) is 2.09. The van der Waals surface area contributed by atoms with Crippen LogP contribution in [0.25, 0.3) is 0 Å². The molecule has 1 aliphatic rings. The van der Waals surface area contributed by atoms with E-state index >= 15 is 0 Å². The molecule has 1 aromatic rings. The maximum Gasteiger partial charge on any atom is 0.0430 e. The van der Waals surface area contributed by atoms with Gasteiger partial charge in [0.2, 0.25) is 0 Å². The Morgan fingerprint density at radius 2 is 2.22 bits per heavy atom. The van der Waals surface area contributed by atoms with Gasteiger partial charge in [0.1, 0.15) is 0 Å². The van der Waals surface area contributed by atoms with Crippen LogP contribution in [0.5, 0.6) is 0 Å². The van der Waals surface area contributed by atoms with E-state index < -0.39 is 0 Å². The van der Waals surface area contributed by atoms with E-state index in [9.17, 15) is 0 Å². The van der Waals surface area contributed by atoms with Crippen LogP contribution in [-0.2, 0) is 13.0 Å². The first-order valence-corrected chi connectivity index (χ1v) is 6.93. The maximum absolute atomic E-state index is 4.56. The van der Waals surface area contributed by atoms with Crippen LogP contribution in [0.15, 0.2) is 12.3 Å². The first kappa shape index (κ1) is 13.5. The Bertz CT molecular complexity index is 401. The third-order valence-electron chi connectivity index (χ3n) is 3.96. The fourth-order valence-electron chi connectivity index (χ4n) is 2.75. The van der Waals surface area contributed by atoms with Gasteiger partial charge in [-0.15, -0.1) is 0 Å². The number of hydrogen-bond donors (Lipinski definition) is 0. The molecule has 1 saturated heterocycles. The zero-order valence-electron chi connectivity index (χ0n) is 12.1. The second-order valence-electron chi connectivity index (χ2n) is 5.60. The number of pyridine rings is 1. The molecule has 18 heavy (non-hydrogen) atoms. The highest BCUT2D eigenvalue weighted by atomic mass is 15.2. The third kappa shape index (κ3) is 3.09. The summed E-state index contributed by atoms with van der Waals surface area (Å²) in [5.41, 5.74) is 3.91. The van der Waals surface area contributed by atoms with Crippen LogP contribution >= 0.6 is 0 Å². The predicted molar refractivity (Wildman–Crippen MR) is 75.7 cm³/mol. The summed E-state index contributed by atoms with van der Waals surface area (Å²) in [7, 11) is 4.35. The minimum absolute atomic E-state index is 0.717. The largest absolute Gasteiger partial charge is 0.305 e. The van der Waals surface area contributed by atoms with Gasteiger partial charge < -0.3 is 4.90 Å². The summed E-state index contributed by atoms with van der Waals surface area (Å²) in [6.45, 7) is 7.76. The van der Waals surface area contributed by atoms with Crippen LogP contribution < -0.4 is 0 Å². The van der Waals surface area contributed by atoms with E-state index in [0.29, 0.717) is 6.04 Å². The van der Waals surface area contributed by atoms with Gasteiger partial charge in [-0.25, -0.2) is 0 Å². The summed E-state index contributed by atoms with van der Waals surface area (Å²) in [6.07, 6.45) is 4.36. The summed E-state index contributed by atoms with van der Waals surface area (Å²) in [5, 5.41) is 0. The van der Waals surface area contributed by atoms with E-state index in [1.165, 1.54) is 36.3 Å². The molecule has 3 nitrogen and oxygen atoms in total. The quantitative estimate of drug-likeness (QED) is 0.812. The lowest BCUT2D eigenvalue weighted by Crippen LogP contribution is -2.31. The van der Waals surface area contributed by atoms with E-state index in [-0.39, 0.29) is 0 Å². The molecular formula is C15H25N3. The van der Waals surface area contributed by atoms with E-state index in [1.54, 1.807) is 0 Å². The van der Waals surface area contributed by atoms with Crippen molar-refractivity contribution in [3.05, 3.63) is 29.1 Å². The molecule has 0 N–H and O–H groups in total. The molecule has 1 atom stereocenters. The topological polar surface area (TPSA) is 19.4 Å². The minimum Gasteiger partial charge on any atom is -0.305 e. The van der Waals surface area contributed by atoms with Crippen LogP contribution in [-0.4, -0.2) is 48.0 Å². The lowest BCUT2D eigenvalue weighted by atomic mass is 10.1. The minimum atomic E-state index is 0.717. The second-order valence-corrected chi connectivity index (χ2v) is 5.60. The lowest BCUT2D eigenvalue weighted by Gasteiger charge is -2.20. The maximum atomic E-state index is 4.56. The average Bonchev–Trinajstić information content (AvgIpc) is 2.78. The van der Waals surface area contributed by atoms with Gasteiger partial charge in [0.15, 0.2) is 0 Å². The first-order chi connectivity index (χ1) is 8.60. The molecule has 3 heteroatoms. The Kier molecular flexibility index (Phi) is 4.36. The molecule has 0 aromatic carbocycles. The van der Waals surface area contributed by atoms with Crippen molar-refractivity contribution in [1.29, 1.82) is 0 Å².